The zero-order chi connectivity index (χ0) is 31.1. The van der Waals surface area contributed by atoms with E-state index in [1.54, 1.807) is 40.8 Å². The predicted octanol–water partition coefficient (Wildman–Crippen LogP) is 6.06. The Hall–Kier alpha value is -3.66. The van der Waals surface area contributed by atoms with Crippen LogP contribution in [0.2, 0.25) is 10.0 Å². The Balaban J connectivity index is 1.43. The molecule has 4 heterocycles. The minimum Gasteiger partial charge on any atom is -0.369 e. The fourth-order valence-corrected chi connectivity index (χ4v) is 6.96. The van der Waals surface area contributed by atoms with E-state index in [2.05, 4.69) is 46.2 Å². The number of nitrogens with zero attached hydrogens (tertiary/aromatic N) is 6. The van der Waals surface area contributed by atoms with Crippen molar-refractivity contribution in [1.82, 2.24) is 24.3 Å². The van der Waals surface area contributed by atoms with E-state index in [-0.39, 0.29) is 17.5 Å². The van der Waals surface area contributed by atoms with Crippen LogP contribution in [-0.4, -0.2) is 76.6 Å². The zero-order valence-corrected chi connectivity index (χ0v) is 27.0. The first-order valence-corrected chi connectivity index (χ1v) is 15.8. The molecule has 2 aromatic carbocycles. The fraction of sp³-hybridized carbons (Fsp3) is 0.394. The molecular formula is C33H37Cl2N7O2. The molecule has 0 bridgehead atoms. The fourth-order valence-electron chi connectivity index (χ4n) is 6.46. The van der Waals surface area contributed by atoms with Crippen molar-refractivity contribution in [3.8, 4) is 11.1 Å². The highest BCUT2D eigenvalue weighted by Crippen LogP contribution is 2.35. The maximum absolute atomic E-state index is 14.4. The number of rotatable bonds is 5. The molecule has 2 aliphatic rings. The van der Waals surface area contributed by atoms with Gasteiger partial charge < -0.3 is 20.0 Å². The van der Waals surface area contributed by atoms with Crippen LogP contribution in [-0.2, 0) is 4.79 Å². The summed E-state index contributed by atoms with van der Waals surface area (Å²) in [5, 5.41) is 5.00. The number of piperidine rings is 1. The van der Waals surface area contributed by atoms with E-state index >= 15 is 0 Å². The number of likely N-dealkylation sites (N-methyl/N-ethyl adjacent to an activating group) is 1. The first kappa shape index (κ1) is 30.4. The Labute approximate surface area is 267 Å². The van der Waals surface area contributed by atoms with Gasteiger partial charge >= 0.3 is 0 Å². The SMILES string of the molecule is CC(=O)N1CCC[C@H](n2c(=O)c(-c3ccc(Cl)cc3Cl)c(C)c3cnc(Nc4ccc(N5CCN(C)CC5)c(C)c4)nc32)C1. The van der Waals surface area contributed by atoms with Gasteiger partial charge in [-0.25, -0.2) is 4.98 Å². The largest absolute Gasteiger partial charge is 0.369 e. The summed E-state index contributed by atoms with van der Waals surface area (Å²) in [7, 11) is 2.16. The van der Waals surface area contributed by atoms with Gasteiger partial charge in [-0.05, 0) is 75.2 Å². The third-order valence-corrected chi connectivity index (χ3v) is 9.46. The van der Waals surface area contributed by atoms with Gasteiger partial charge in [0.2, 0.25) is 11.9 Å². The van der Waals surface area contributed by atoms with E-state index in [0.717, 1.165) is 55.7 Å². The molecule has 1 amide bonds. The maximum Gasteiger partial charge on any atom is 0.260 e. The van der Waals surface area contributed by atoms with Crippen LogP contribution in [0.5, 0.6) is 0 Å². The molecule has 11 heteroatoms. The molecule has 6 rings (SSSR count). The van der Waals surface area contributed by atoms with Crippen LogP contribution in [0, 0.1) is 13.8 Å². The molecule has 2 fully saturated rings. The van der Waals surface area contributed by atoms with Crippen LogP contribution < -0.4 is 15.8 Å². The molecule has 1 N–H and O–H groups in total. The van der Waals surface area contributed by atoms with Gasteiger partial charge in [0.1, 0.15) is 5.65 Å². The van der Waals surface area contributed by atoms with Crippen LogP contribution in [0.1, 0.15) is 36.9 Å². The highest BCUT2D eigenvalue weighted by Gasteiger charge is 2.28. The van der Waals surface area contributed by atoms with Gasteiger partial charge in [-0.3, -0.25) is 14.2 Å². The summed E-state index contributed by atoms with van der Waals surface area (Å²) in [6.07, 6.45) is 3.30. The maximum atomic E-state index is 14.4. The minimum atomic E-state index is -0.249. The van der Waals surface area contributed by atoms with Crippen LogP contribution in [0.4, 0.5) is 17.3 Å². The van der Waals surface area contributed by atoms with E-state index in [9.17, 15) is 9.59 Å². The Morgan fingerprint density at radius 3 is 2.50 bits per heavy atom. The summed E-state index contributed by atoms with van der Waals surface area (Å²) in [6, 6.07) is 11.2. The number of pyridine rings is 1. The number of likely N-dealkylation sites (tertiary alicyclic amines) is 1. The quantitative estimate of drug-likeness (QED) is 0.286. The van der Waals surface area contributed by atoms with Crippen molar-refractivity contribution >= 4 is 57.5 Å². The number of benzene rings is 2. The molecular weight excluding hydrogens is 597 g/mol. The highest BCUT2D eigenvalue weighted by atomic mass is 35.5. The van der Waals surface area contributed by atoms with Gasteiger partial charge in [0.15, 0.2) is 0 Å². The Bertz CT molecular complexity index is 1800. The molecule has 0 saturated carbocycles. The Kier molecular flexibility index (Phi) is 8.55. The lowest BCUT2D eigenvalue weighted by Crippen LogP contribution is -2.44. The van der Waals surface area contributed by atoms with Gasteiger partial charge in [-0.1, -0.05) is 29.3 Å². The molecule has 4 aromatic rings. The number of aromatic nitrogens is 3. The second kappa shape index (κ2) is 12.4. The summed E-state index contributed by atoms with van der Waals surface area (Å²) < 4.78 is 1.74. The van der Waals surface area contributed by atoms with E-state index in [4.69, 9.17) is 28.2 Å². The van der Waals surface area contributed by atoms with E-state index in [0.29, 0.717) is 45.9 Å². The standard InChI is InChI=1S/C33H37Cl2N7O2/c1-20-16-24(8-10-29(20)40-14-12-39(4)13-15-40)37-33-36-18-27-21(2)30(26-9-7-23(34)17-28(26)35)32(44)42(31(27)38-33)25-6-5-11-41(19-25)22(3)43/h7-10,16-18,25H,5-6,11-15,19H2,1-4H3,(H,36,37,38)/t25-/m0/s1. The topological polar surface area (TPSA) is 86.6 Å². The van der Waals surface area contributed by atoms with Crippen LogP contribution in [0.3, 0.4) is 0 Å². The molecule has 0 radical (unpaired) electrons. The van der Waals surface area contributed by atoms with E-state index in [1.807, 2.05) is 13.0 Å². The number of aryl methyl sites for hydroxylation is 2. The van der Waals surface area contributed by atoms with E-state index < -0.39 is 0 Å². The molecule has 230 valence electrons. The molecule has 0 unspecified atom stereocenters. The summed E-state index contributed by atoms with van der Waals surface area (Å²) in [5.74, 6) is 0.390. The lowest BCUT2D eigenvalue weighted by molar-refractivity contribution is -0.130. The molecule has 2 aliphatic heterocycles. The molecule has 0 spiro atoms. The number of carbonyl (C=O) groups is 1. The number of amides is 1. The number of fused-ring (bicyclic) bond motifs is 1. The lowest BCUT2D eigenvalue weighted by Gasteiger charge is -2.35. The average molecular weight is 635 g/mol. The molecule has 9 nitrogen and oxygen atoms in total. The summed E-state index contributed by atoms with van der Waals surface area (Å²) in [4.78, 5) is 42.9. The number of halogens is 2. The van der Waals surface area contributed by atoms with Crippen LogP contribution >= 0.6 is 23.2 Å². The number of hydrogen-bond acceptors (Lipinski definition) is 7. The zero-order valence-electron chi connectivity index (χ0n) is 25.5. The Morgan fingerprint density at radius 2 is 1.80 bits per heavy atom. The van der Waals surface area contributed by atoms with Crippen molar-refractivity contribution in [2.45, 2.75) is 39.7 Å². The third kappa shape index (κ3) is 5.88. The number of anilines is 3. The number of piperazine rings is 1. The average Bonchev–Trinajstić information content (AvgIpc) is 2.99. The van der Waals surface area contributed by atoms with Gasteiger partial charge in [0, 0.05) is 79.7 Å². The predicted molar refractivity (Wildman–Crippen MR) is 179 cm³/mol. The van der Waals surface area contributed by atoms with Crippen molar-refractivity contribution in [2.24, 2.45) is 0 Å². The lowest BCUT2D eigenvalue weighted by atomic mass is 9.98. The molecule has 0 aliphatic carbocycles. The van der Waals surface area contributed by atoms with Crippen molar-refractivity contribution in [3.63, 3.8) is 0 Å². The Morgan fingerprint density at radius 1 is 1.02 bits per heavy atom. The monoisotopic (exact) mass is 633 g/mol. The van der Waals surface area contributed by atoms with Crippen molar-refractivity contribution in [2.75, 3.05) is 56.5 Å². The third-order valence-electron chi connectivity index (χ3n) is 8.91. The summed E-state index contributed by atoms with van der Waals surface area (Å²) in [5.41, 5.74) is 5.42. The first-order chi connectivity index (χ1) is 21.1. The van der Waals surface area contributed by atoms with Crippen LogP contribution in [0.15, 0.2) is 47.4 Å². The second-order valence-corrected chi connectivity index (χ2v) is 12.8. The van der Waals surface area contributed by atoms with Gasteiger partial charge in [0.25, 0.3) is 5.56 Å². The number of nitrogens with one attached hydrogen (secondary N) is 1. The van der Waals surface area contributed by atoms with Crippen molar-refractivity contribution in [3.05, 3.63) is 74.1 Å². The van der Waals surface area contributed by atoms with Crippen molar-refractivity contribution in [1.29, 1.82) is 0 Å². The second-order valence-electron chi connectivity index (χ2n) is 11.9. The van der Waals surface area contributed by atoms with Crippen molar-refractivity contribution < 1.29 is 4.79 Å². The number of hydrogen-bond donors (Lipinski definition) is 1. The minimum absolute atomic E-state index is 0.00694. The molecule has 1 atom stereocenters. The van der Waals surface area contributed by atoms with Crippen LogP contribution in [0.25, 0.3) is 22.2 Å². The van der Waals surface area contributed by atoms with E-state index in [1.165, 1.54) is 11.3 Å². The summed E-state index contributed by atoms with van der Waals surface area (Å²) >= 11 is 12.8. The molecule has 44 heavy (non-hydrogen) atoms. The number of carbonyl (C=O) groups excluding carboxylic acids is 1. The highest BCUT2D eigenvalue weighted by molar-refractivity contribution is 6.36. The molecule has 2 aromatic heterocycles. The van der Waals surface area contributed by atoms with Gasteiger partial charge in [0.05, 0.1) is 16.6 Å². The normalized spacial score (nSPS) is 17.7. The first-order valence-electron chi connectivity index (χ1n) is 15.0. The molecule has 2 saturated heterocycles. The summed E-state index contributed by atoms with van der Waals surface area (Å²) in [6.45, 7) is 10.8. The van der Waals surface area contributed by atoms with Gasteiger partial charge in [-0.2, -0.15) is 4.98 Å². The van der Waals surface area contributed by atoms with Gasteiger partial charge in [-0.15, -0.1) is 0 Å². The smallest absolute Gasteiger partial charge is 0.260 e.